The quantitative estimate of drug-likeness (QED) is 0.544. The molecule has 0 aliphatic carbocycles. The van der Waals surface area contributed by atoms with Crippen LogP contribution in [0.5, 0.6) is 0 Å². The Balaban J connectivity index is 1.88. The highest BCUT2D eigenvalue weighted by molar-refractivity contribution is 8.19. The molecule has 1 fully saturated rings. The Bertz CT molecular complexity index is 782. The van der Waals surface area contributed by atoms with Crippen LogP contribution in [-0.2, 0) is 0 Å². The lowest BCUT2D eigenvalue weighted by atomic mass is 10.2. The molecule has 1 saturated heterocycles. The van der Waals surface area contributed by atoms with E-state index in [0.717, 1.165) is 28.0 Å². The fourth-order valence-corrected chi connectivity index (χ4v) is 3.66. The standard InChI is InChI=1S/C16H12ClNO2S2/c1-2-18-15(21)14(22-16(18)19)9-12-6-7-13(20-12)10-4-3-5-11(17)8-10/h3-9H,2H2,1H3/b14-9+. The first-order valence-electron chi connectivity index (χ1n) is 6.69. The zero-order chi connectivity index (χ0) is 15.7. The zero-order valence-corrected chi connectivity index (χ0v) is 14.1. The van der Waals surface area contributed by atoms with Gasteiger partial charge in [0.05, 0.1) is 4.91 Å². The molecule has 6 heteroatoms. The van der Waals surface area contributed by atoms with Crippen molar-refractivity contribution in [3.05, 3.63) is 52.1 Å². The van der Waals surface area contributed by atoms with E-state index in [2.05, 4.69) is 0 Å². The van der Waals surface area contributed by atoms with E-state index in [4.69, 9.17) is 28.2 Å². The molecule has 3 rings (SSSR count). The second kappa shape index (κ2) is 6.28. The average molecular weight is 350 g/mol. The van der Waals surface area contributed by atoms with Gasteiger partial charge in [0.25, 0.3) is 5.24 Å². The number of hydrogen-bond acceptors (Lipinski definition) is 4. The predicted molar refractivity (Wildman–Crippen MR) is 95.1 cm³/mol. The molecule has 3 nitrogen and oxygen atoms in total. The average Bonchev–Trinajstić information content (AvgIpc) is 3.05. The van der Waals surface area contributed by atoms with Crippen LogP contribution in [0.3, 0.4) is 0 Å². The lowest BCUT2D eigenvalue weighted by Gasteiger charge is -2.09. The summed E-state index contributed by atoms with van der Waals surface area (Å²) in [5.41, 5.74) is 0.907. The second-order valence-electron chi connectivity index (χ2n) is 4.64. The first-order chi connectivity index (χ1) is 10.6. The van der Waals surface area contributed by atoms with Crippen LogP contribution in [0.4, 0.5) is 4.79 Å². The third kappa shape index (κ3) is 2.97. The van der Waals surface area contributed by atoms with E-state index >= 15 is 0 Å². The van der Waals surface area contributed by atoms with Gasteiger partial charge in [0, 0.05) is 17.1 Å². The molecular formula is C16H12ClNO2S2. The van der Waals surface area contributed by atoms with Crippen molar-refractivity contribution in [1.82, 2.24) is 4.90 Å². The van der Waals surface area contributed by atoms with Gasteiger partial charge in [-0.1, -0.05) is 36.0 Å². The van der Waals surface area contributed by atoms with Crippen molar-refractivity contribution in [2.24, 2.45) is 0 Å². The summed E-state index contributed by atoms with van der Waals surface area (Å²) in [4.78, 5) is 14.7. The van der Waals surface area contributed by atoms with Gasteiger partial charge in [-0.2, -0.15) is 0 Å². The molecule has 0 radical (unpaired) electrons. The molecule has 2 heterocycles. The highest BCUT2D eigenvalue weighted by Crippen LogP contribution is 2.34. The molecule has 1 aromatic carbocycles. The Morgan fingerprint density at radius 2 is 2.18 bits per heavy atom. The number of carbonyl (C=O) groups excluding carboxylic acids is 1. The van der Waals surface area contributed by atoms with Gasteiger partial charge in [-0.15, -0.1) is 0 Å². The van der Waals surface area contributed by atoms with Crippen LogP contribution in [-0.4, -0.2) is 21.7 Å². The number of likely N-dealkylation sites (N-methyl/N-ethyl adjacent to an activating group) is 1. The molecule has 0 N–H and O–H groups in total. The molecule has 112 valence electrons. The van der Waals surface area contributed by atoms with Gasteiger partial charge in [-0.05, 0) is 49.0 Å². The Kier molecular flexibility index (Phi) is 4.38. The number of halogens is 1. The van der Waals surface area contributed by atoms with Crippen molar-refractivity contribution in [3.8, 4) is 11.3 Å². The highest BCUT2D eigenvalue weighted by atomic mass is 35.5. The van der Waals surface area contributed by atoms with Gasteiger partial charge in [-0.25, -0.2) is 0 Å². The predicted octanol–water partition coefficient (Wildman–Crippen LogP) is 5.46. The lowest BCUT2D eigenvalue weighted by Crippen LogP contribution is -2.26. The molecule has 0 bridgehead atoms. The first kappa shape index (κ1) is 15.3. The molecule has 0 atom stereocenters. The third-order valence-corrected chi connectivity index (χ3v) is 4.93. The van der Waals surface area contributed by atoms with E-state index in [1.165, 1.54) is 0 Å². The van der Waals surface area contributed by atoms with Crippen molar-refractivity contribution in [2.75, 3.05) is 6.54 Å². The maximum atomic E-state index is 11.8. The van der Waals surface area contributed by atoms with Gasteiger partial charge in [0.1, 0.15) is 16.5 Å². The number of amides is 1. The minimum Gasteiger partial charge on any atom is -0.457 e. The smallest absolute Gasteiger partial charge is 0.291 e. The number of furan rings is 1. The molecule has 0 saturated carbocycles. The topological polar surface area (TPSA) is 33.5 Å². The van der Waals surface area contributed by atoms with Crippen molar-refractivity contribution in [3.63, 3.8) is 0 Å². The largest absolute Gasteiger partial charge is 0.457 e. The summed E-state index contributed by atoms with van der Waals surface area (Å²) >= 11 is 12.4. The normalized spacial score (nSPS) is 16.8. The van der Waals surface area contributed by atoms with Crippen molar-refractivity contribution < 1.29 is 9.21 Å². The SMILES string of the molecule is CCN1C(=O)S/C(=C/c2ccc(-c3cccc(Cl)c3)o2)C1=S. The van der Waals surface area contributed by atoms with Gasteiger partial charge < -0.3 is 4.42 Å². The fourth-order valence-electron chi connectivity index (χ4n) is 2.13. The minimum atomic E-state index is -0.0413. The van der Waals surface area contributed by atoms with Crippen LogP contribution in [0.15, 0.2) is 45.7 Å². The molecule has 22 heavy (non-hydrogen) atoms. The Hall–Kier alpha value is -1.56. The minimum absolute atomic E-state index is 0.0413. The summed E-state index contributed by atoms with van der Waals surface area (Å²) in [5.74, 6) is 1.38. The number of nitrogens with zero attached hydrogens (tertiary/aromatic N) is 1. The Morgan fingerprint density at radius 3 is 2.86 bits per heavy atom. The lowest BCUT2D eigenvalue weighted by molar-refractivity contribution is 0.247. The van der Waals surface area contributed by atoms with E-state index < -0.39 is 0 Å². The van der Waals surface area contributed by atoms with E-state index in [1.54, 1.807) is 11.0 Å². The summed E-state index contributed by atoms with van der Waals surface area (Å²) in [6.07, 6.45) is 1.80. The first-order valence-corrected chi connectivity index (χ1v) is 8.30. The van der Waals surface area contributed by atoms with Crippen molar-refractivity contribution in [1.29, 1.82) is 0 Å². The van der Waals surface area contributed by atoms with Crippen LogP contribution < -0.4 is 0 Å². The highest BCUT2D eigenvalue weighted by Gasteiger charge is 2.30. The van der Waals surface area contributed by atoms with Crippen LogP contribution in [0.2, 0.25) is 5.02 Å². The summed E-state index contributed by atoms with van der Waals surface area (Å²) in [6, 6.07) is 11.2. The summed E-state index contributed by atoms with van der Waals surface area (Å²) in [7, 11) is 0. The molecule has 0 spiro atoms. The number of hydrogen-bond donors (Lipinski definition) is 0. The molecule has 2 aromatic rings. The van der Waals surface area contributed by atoms with E-state index in [9.17, 15) is 4.79 Å². The summed E-state index contributed by atoms with van der Waals surface area (Å²) in [6.45, 7) is 2.48. The second-order valence-corrected chi connectivity index (χ2v) is 6.45. The van der Waals surface area contributed by atoms with Gasteiger partial charge in [-0.3, -0.25) is 9.69 Å². The van der Waals surface area contributed by atoms with E-state index in [0.29, 0.717) is 22.3 Å². The van der Waals surface area contributed by atoms with Crippen LogP contribution >= 0.6 is 35.6 Å². The molecule has 0 unspecified atom stereocenters. The number of rotatable bonds is 3. The maximum Gasteiger partial charge on any atom is 0.291 e. The summed E-state index contributed by atoms with van der Waals surface area (Å²) < 4.78 is 5.80. The Morgan fingerprint density at radius 1 is 1.36 bits per heavy atom. The van der Waals surface area contributed by atoms with Gasteiger partial charge >= 0.3 is 0 Å². The molecule has 1 aliphatic rings. The number of thioether (sulfide) groups is 1. The molecular weight excluding hydrogens is 338 g/mol. The van der Waals surface area contributed by atoms with Crippen LogP contribution in [0.1, 0.15) is 12.7 Å². The molecule has 1 aliphatic heterocycles. The van der Waals surface area contributed by atoms with Crippen molar-refractivity contribution in [2.45, 2.75) is 6.92 Å². The number of thiocarbonyl (C=S) groups is 1. The molecule has 1 aromatic heterocycles. The van der Waals surface area contributed by atoms with Crippen LogP contribution in [0, 0.1) is 0 Å². The number of benzene rings is 1. The van der Waals surface area contributed by atoms with Gasteiger partial charge in [0.15, 0.2) is 0 Å². The fraction of sp³-hybridized carbons (Fsp3) is 0.125. The van der Waals surface area contributed by atoms with E-state index in [1.807, 2.05) is 43.3 Å². The summed E-state index contributed by atoms with van der Waals surface area (Å²) in [5, 5.41) is 0.617. The third-order valence-electron chi connectivity index (χ3n) is 3.20. The van der Waals surface area contributed by atoms with E-state index in [-0.39, 0.29) is 5.24 Å². The maximum absolute atomic E-state index is 11.8. The molecule has 1 amide bonds. The van der Waals surface area contributed by atoms with Gasteiger partial charge in [0.2, 0.25) is 0 Å². The zero-order valence-electron chi connectivity index (χ0n) is 11.7. The van der Waals surface area contributed by atoms with Crippen molar-refractivity contribution >= 4 is 51.9 Å². The Labute approximate surface area is 142 Å². The monoisotopic (exact) mass is 349 g/mol. The van der Waals surface area contributed by atoms with Crippen LogP contribution in [0.25, 0.3) is 17.4 Å². The number of carbonyl (C=O) groups is 1.